The van der Waals surface area contributed by atoms with Crippen LogP contribution in [-0.4, -0.2) is 23.2 Å². The van der Waals surface area contributed by atoms with Gasteiger partial charge in [0.15, 0.2) is 0 Å². The Hall–Kier alpha value is -1.97. The Balaban J connectivity index is 2.95. The first-order valence-electron chi connectivity index (χ1n) is 4.95. The molecule has 2 rings (SSSR count). The number of aromatic amines is 1. The smallest absolute Gasteiger partial charge is 0.338 e. The van der Waals surface area contributed by atoms with E-state index >= 15 is 0 Å². The zero-order valence-corrected chi connectivity index (χ0v) is 9.42. The third-order valence-corrected chi connectivity index (χ3v) is 2.75. The van der Waals surface area contributed by atoms with Crippen molar-refractivity contribution in [1.82, 2.24) is 4.98 Å². The molecule has 0 saturated carbocycles. The van der Waals surface area contributed by atoms with E-state index in [1.54, 1.807) is 13.0 Å². The largest absolute Gasteiger partial charge is 0.496 e. The molecule has 16 heavy (non-hydrogen) atoms. The van der Waals surface area contributed by atoms with Crippen molar-refractivity contribution in [3.63, 3.8) is 0 Å². The molecule has 1 aromatic heterocycles. The lowest BCUT2D eigenvalue weighted by atomic mass is 10.1. The number of aromatic carboxylic acids is 1. The van der Waals surface area contributed by atoms with Crippen molar-refractivity contribution in [3.8, 4) is 5.75 Å². The zero-order valence-electron chi connectivity index (χ0n) is 9.42. The van der Waals surface area contributed by atoms with Gasteiger partial charge in [0.05, 0.1) is 23.6 Å². The molecule has 1 heterocycles. The highest BCUT2D eigenvalue weighted by Crippen LogP contribution is 2.32. The van der Waals surface area contributed by atoms with Gasteiger partial charge < -0.3 is 14.8 Å². The molecule has 2 N–H and O–H groups in total. The summed E-state index contributed by atoms with van der Waals surface area (Å²) in [6.45, 7) is 3.69. The fraction of sp³-hybridized carbons (Fsp3) is 0.250. The summed E-state index contributed by atoms with van der Waals surface area (Å²) in [7, 11) is 1.54. The first-order valence-corrected chi connectivity index (χ1v) is 4.95. The molecule has 0 aliphatic carbocycles. The number of hydrogen-bond donors (Lipinski definition) is 2. The van der Waals surface area contributed by atoms with Gasteiger partial charge in [0.25, 0.3) is 0 Å². The van der Waals surface area contributed by atoms with E-state index < -0.39 is 5.97 Å². The summed E-state index contributed by atoms with van der Waals surface area (Å²) in [6.07, 6.45) is 0. The van der Waals surface area contributed by atoms with Crippen LogP contribution >= 0.6 is 0 Å². The van der Waals surface area contributed by atoms with E-state index in [1.807, 2.05) is 13.0 Å². The predicted molar refractivity (Wildman–Crippen MR) is 61.3 cm³/mol. The van der Waals surface area contributed by atoms with Crippen molar-refractivity contribution < 1.29 is 14.6 Å². The zero-order chi connectivity index (χ0) is 11.9. The second-order valence-corrected chi connectivity index (χ2v) is 3.76. The molecule has 2 aromatic rings. The van der Waals surface area contributed by atoms with Crippen LogP contribution < -0.4 is 4.74 Å². The van der Waals surface area contributed by atoms with Crippen molar-refractivity contribution >= 4 is 16.9 Å². The SMILES string of the molecule is COc1ccc(C)c2[nH]c(C)c(C(=O)O)c12. The Morgan fingerprint density at radius 2 is 2.06 bits per heavy atom. The first-order chi connectivity index (χ1) is 7.56. The van der Waals surface area contributed by atoms with E-state index in [4.69, 9.17) is 4.74 Å². The van der Waals surface area contributed by atoms with Gasteiger partial charge in [-0.25, -0.2) is 4.79 Å². The molecule has 84 valence electrons. The molecular formula is C12H13NO3. The van der Waals surface area contributed by atoms with Gasteiger partial charge in [-0.1, -0.05) is 6.07 Å². The van der Waals surface area contributed by atoms with Crippen LogP contribution in [-0.2, 0) is 0 Å². The third kappa shape index (κ3) is 1.34. The van der Waals surface area contributed by atoms with Crippen molar-refractivity contribution in [2.45, 2.75) is 13.8 Å². The van der Waals surface area contributed by atoms with Crippen LogP contribution in [0.25, 0.3) is 10.9 Å². The number of nitrogens with one attached hydrogen (secondary N) is 1. The predicted octanol–water partition coefficient (Wildman–Crippen LogP) is 2.49. The highest BCUT2D eigenvalue weighted by atomic mass is 16.5. The second kappa shape index (κ2) is 3.56. The van der Waals surface area contributed by atoms with Crippen LogP contribution in [0.5, 0.6) is 5.75 Å². The molecule has 0 fully saturated rings. The van der Waals surface area contributed by atoms with Gasteiger partial charge in [-0.05, 0) is 25.5 Å². The molecule has 0 radical (unpaired) electrons. The minimum Gasteiger partial charge on any atom is -0.496 e. The van der Waals surface area contributed by atoms with Gasteiger partial charge >= 0.3 is 5.97 Å². The molecule has 0 atom stereocenters. The van der Waals surface area contributed by atoms with Crippen molar-refractivity contribution in [1.29, 1.82) is 0 Å². The lowest BCUT2D eigenvalue weighted by molar-refractivity contribution is 0.0698. The van der Waals surface area contributed by atoms with Crippen LogP contribution in [0.15, 0.2) is 12.1 Å². The van der Waals surface area contributed by atoms with Crippen molar-refractivity contribution in [2.75, 3.05) is 7.11 Å². The van der Waals surface area contributed by atoms with Gasteiger partial charge in [-0.15, -0.1) is 0 Å². The summed E-state index contributed by atoms with van der Waals surface area (Å²) < 4.78 is 5.20. The van der Waals surface area contributed by atoms with E-state index in [0.29, 0.717) is 16.8 Å². The Morgan fingerprint density at radius 1 is 1.38 bits per heavy atom. The molecular weight excluding hydrogens is 206 g/mol. The maximum atomic E-state index is 11.2. The number of fused-ring (bicyclic) bond motifs is 1. The Labute approximate surface area is 92.9 Å². The minimum absolute atomic E-state index is 0.288. The number of rotatable bonds is 2. The fourth-order valence-electron chi connectivity index (χ4n) is 1.97. The number of carbonyl (C=O) groups is 1. The normalized spacial score (nSPS) is 10.7. The van der Waals surface area contributed by atoms with Crippen LogP contribution in [0.1, 0.15) is 21.6 Å². The molecule has 0 unspecified atom stereocenters. The summed E-state index contributed by atoms with van der Waals surface area (Å²) in [5, 5.41) is 9.83. The van der Waals surface area contributed by atoms with Crippen LogP contribution in [0, 0.1) is 13.8 Å². The average molecular weight is 219 g/mol. The number of H-pyrrole nitrogens is 1. The molecule has 0 aliphatic rings. The van der Waals surface area contributed by atoms with Gasteiger partial charge in [0.1, 0.15) is 5.75 Å². The molecule has 4 heteroatoms. The standard InChI is InChI=1S/C12H13NO3/c1-6-4-5-8(16-3)10-9(12(14)15)7(2)13-11(6)10/h4-5,13H,1-3H3,(H,14,15). The van der Waals surface area contributed by atoms with E-state index in [1.165, 1.54) is 7.11 Å². The van der Waals surface area contributed by atoms with Crippen molar-refractivity contribution in [3.05, 3.63) is 29.0 Å². The number of aromatic nitrogens is 1. The molecule has 0 spiro atoms. The Morgan fingerprint density at radius 3 is 2.62 bits per heavy atom. The second-order valence-electron chi connectivity index (χ2n) is 3.76. The summed E-state index contributed by atoms with van der Waals surface area (Å²) in [5.74, 6) is -0.352. The van der Waals surface area contributed by atoms with Gasteiger partial charge in [0.2, 0.25) is 0 Å². The topological polar surface area (TPSA) is 62.3 Å². The first kappa shape index (κ1) is 10.5. The van der Waals surface area contributed by atoms with E-state index in [0.717, 1.165) is 11.1 Å². The van der Waals surface area contributed by atoms with Crippen LogP contribution in [0.4, 0.5) is 0 Å². The maximum Gasteiger partial charge on any atom is 0.338 e. The molecule has 0 aliphatic heterocycles. The Bertz CT molecular complexity index is 569. The third-order valence-electron chi connectivity index (χ3n) is 2.75. The molecule has 1 aromatic carbocycles. The lowest BCUT2D eigenvalue weighted by Gasteiger charge is -2.04. The van der Waals surface area contributed by atoms with E-state index in [2.05, 4.69) is 4.98 Å². The number of methoxy groups -OCH3 is 1. The number of carboxylic acids is 1. The number of hydrogen-bond acceptors (Lipinski definition) is 2. The van der Waals surface area contributed by atoms with Crippen LogP contribution in [0.3, 0.4) is 0 Å². The van der Waals surface area contributed by atoms with Crippen LogP contribution in [0.2, 0.25) is 0 Å². The van der Waals surface area contributed by atoms with Crippen molar-refractivity contribution in [2.24, 2.45) is 0 Å². The monoisotopic (exact) mass is 219 g/mol. The maximum absolute atomic E-state index is 11.2. The molecule has 4 nitrogen and oxygen atoms in total. The number of aryl methyl sites for hydroxylation is 2. The fourth-order valence-corrected chi connectivity index (χ4v) is 1.97. The minimum atomic E-state index is -0.937. The van der Waals surface area contributed by atoms with Gasteiger partial charge in [-0.2, -0.15) is 0 Å². The quantitative estimate of drug-likeness (QED) is 0.815. The summed E-state index contributed by atoms with van der Waals surface area (Å²) in [6, 6.07) is 3.69. The highest BCUT2D eigenvalue weighted by molar-refractivity contribution is 6.08. The number of carboxylic acid groups (broad SMARTS) is 1. The summed E-state index contributed by atoms with van der Waals surface area (Å²) in [4.78, 5) is 14.3. The van der Waals surface area contributed by atoms with Gasteiger partial charge in [0, 0.05) is 5.69 Å². The van der Waals surface area contributed by atoms with E-state index in [-0.39, 0.29) is 5.56 Å². The number of ether oxygens (including phenoxy) is 1. The number of benzene rings is 1. The summed E-state index contributed by atoms with van der Waals surface area (Å²) >= 11 is 0. The van der Waals surface area contributed by atoms with E-state index in [9.17, 15) is 9.90 Å². The molecule has 0 bridgehead atoms. The Kier molecular flexibility index (Phi) is 2.34. The molecule has 0 amide bonds. The molecule has 0 saturated heterocycles. The lowest BCUT2D eigenvalue weighted by Crippen LogP contribution is -1.98. The highest BCUT2D eigenvalue weighted by Gasteiger charge is 2.19. The summed E-state index contributed by atoms with van der Waals surface area (Å²) in [5.41, 5.74) is 2.77. The van der Waals surface area contributed by atoms with Gasteiger partial charge in [-0.3, -0.25) is 0 Å². The average Bonchev–Trinajstić information content (AvgIpc) is 2.57.